The Morgan fingerprint density at radius 2 is 1.95 bits per heavy atom. The molecule has 0 heterocycles. The highest BCUT2D eigenvalue weighted by Crippen LogP contribution is 2.37. The van der Waals surface area contributed by atoms with E-state index in [2.05, 4.69) is 5.32 Å². The summed E-state index contributed by atoms with van der Waals surface area (Å²) in [5, 5.41) is 12.5. The number of benzene rings is 1. The van der Waals surface area contributed by atoms with Crippen LogP contribution in [0.15, 0.2) is 30.3 Å². The number of hydrogen-bond acceptors (Lipinski definition) is 2. The monoisotopic (exact) mass is 261 g/mol. The number of carbonyl (C=O) groups excluding carboxylic acids is 1. The van der Waals surface area contributed by atoms with Crippen LogP contribution in [0.5, 0.6) is 0 Å². The molecule has 1 saturated carbocycles. The molecule has 1 aliphatic carbocycles. The van der Waals surface area contributed by atoms with Gasteiger partial charge >= 0.3 is 0 Å². The third-order valence-corrected chi connectivity index (χ3v) is 4.33. The third kappa shape index (κ3) is 3.35. The van der Waals surface area contributed by atoms with Gasteiger partial charge in [0.25, 0.3) is 0 Å². The highest BCUT2D eigenvalue weighted by molar-refractivity contribution is 5.83. The molecule has 0 bridgehead atoms. The molecule has 3 nitrogen and oxygen atoms in total. The maximum Gasteiger partial charge on any atom is 0.227 e. The van der Waals surface area contributed by atoms with Crippen molar-refractivity contribution in [3.63, 3.8) is 0 Å². The van der Waals surface area contributed by atoms with E-state index in [0.717, 1.165) is 31.2 Å². The molecule has 2 N–H and O–H groups in total. The molecule has 3 heteroatoms. The van der Waals surface area contributed by atoms with Crippen molar-refractivity contribution in [2.75, 3.05) is 13.2 Å². The van der Waals surface area contributed by atoms with E-state index in [1.54, 1.807) is 0 Å². The number of rotatable bonds is 5. The van der Waals surface area contributed by atoms with E-state index in [1.165, 1.54) is 0 Å². The minimum absolute atomic E-state index is 0.0472. The maximum atomic E-state index is 12.2. The molecule has 0 aliphatic heterocycles. The van der Waals surface area contributed by atoms with Gasteiger partial charge in [0.2, 0.25) is 5.91 Å². The van der Waals surface area contributed by atoms with E-state index >= 15 is 0 Å². The van der Waals surface area contributed by atoms with Crippen molar-refractivity contribution in [1.82, 2.24) is 5.32 Å². The van der Waals surface area contributed by atoms with Gasteiger partial charge in [0, 0.05) is 12.0 Å². The normalized spacial score (nSPS) is 19.1. The first-order valence-corrected chi connectivity index (χ1v) is 7.10. The van der Waals surface area contributed by atoms with E-state index in [0.29, 0.717) is 6.54 Å². The molecule has 2 rings (SSSR count). The zero-order valence-electron chi connectivity index (χ0n) is 11.6. The van der Waals surface area contributed by atoms with Crippen molar-refractivity contribution in [3.8, 4) is 0 Å². The summed E-state index contributed by atoms with van der Waals surface area (Å²) < 4.78 is 0. The minimum Gasteiger partial charge on any atom is -0.396 e. The van der Waals surface area contributed by atoms with Crippen LogP contribution in [-0.4, -0.2) is 24.2 Å². The summed E-state index contributed by atoms with van der Waals surface area (Å²) in [6.45, 7) is 2.69. The Labute approximate surface area is 115 Å². The fourth-order valence-corrected chi connectivity index (χ4v) is 2.84. The summed E-state index contributed by atoms with van der Waals surface area (Å²) in [4.78, 5) is 12.2. The third-order valence-electron chi connectivity index (χ3n) is 4.33. The molecule has 1 unspecified atom stereocenters. The van der Waals surface area contributed by atoms with Crippen LogP contribution in [0.3, 0.4) is 0 Å². The van der Waals surface area contributed by atoms with Crippen molar-refractivity contribution >= 4 is 5.91 Å². The predicted molar refractivity (Wildman–Crippen MR) is 75.9 cm³/mol. The number of aliphatic hydroxyl groups is 1. The van der Waals surface area contributed by atoms with Gasteiger partial charge in [-0.05, 0) is 25.3 Å². The molecule has 1 atom stereocenters. The van der Waals surface area contributed by atoms with Gasteiger partial charge in [-0.15, -0.1) is 0 Å². The Kier molecular flexibility index (Phi) is 4.59. The number of aliphatic hydroxyl groups excluding tert-OH is 1. The summed E-state index contributed by atoms with van der Waals surface area (Å²) in [5.74, 6) is -0.0933. The van der Waals surface area contributed by atoms with Gasteiger partial charge in [-0.1, -0.05) is 43.2 Å². The van der Waals surface area contributed by atoms with E-state index in [4.69, 9.17) is 0 Å². The van der Waals surface area contributed by atoms with E-state index < -0.39 is 0 Å². The van der Waals surface area contributed by atoms with E-state index in [1.807, 2.05) is 37.3 Å². The molecule has 0 radical (unpaired) electrons. The van der Waals surface area contributed by atoms with E-state index in [9.17, 15) is 9.90 Å². The zero-order valence-corrected chi connectivity index (χ0v) is 11.6. The van der Waals surface area contributed by atoms with E-state index in [-0.39, 0.29) is 23.8 Å². The molecule has 104 valence electrons. The molecule has 1 aromatic carbocycles. The predicted octanol–water partition coefficient (Wildman–Crippen LogP) is 2.46. The molecule has 19 heavy (non-hydrogen) atoms. The van der Waals surface area contributed by atoms with Crippen molar-refractivity contribution in [3.05, 3.63) is 35.9 Å². The van der Waals surface area contributed by atoms with Crippen LogP contribution in [0.25, 0.3) is 0 Å². The number of hydrogen-bond donors (Lipinski definition) is 2. The summed E-state index contributed by atoms with van der Waals surface area (Å²) >= 11 is 0. The average Bonchev–Trinajstić information content (AvgIpc) is 2.94. The lowest BCUT2D eigenvalue weighted by Crippen LogP contribution is -2.39. The first kappa shape index (κ1) is 14.1. The molecular formula is C16H23NO2. The Balaban J connectivity index is 1.91. The first-order valence-electron chi connectivity index (χ1n) is 7.10. The molecule has 0 aromatic heterocycles. The SMILES string of the molecule is CC(C(=O)NCC1(CO)CCCC1)c1ccccc1. The molecule has 1 fully saturated rings. The highest BCUT2D eigenvalue weighted by atomic mass is 16.3. The Morgan fingerprint density at radius 1 is 1.32 bits per heavy atom. The van der Waals surface area contributed by atoms with Gasteiger partial charge in [-0.2, -0.15) is 0 Å². The fraction of sp³-hybridized carbons (Fsp3) is 0.562. The minimum atomic E-state index is -0.140. The summed E-state index contributed by atoms with van der Waals surface area (Å²) in [5.41, 5.74) is 0.955. The van der Waals surface area contributed by atoms with Crippen molar-refractivity contribution < 1.29 is 9.90 Å². The second-order valence-corrected chi connectivity index (χ2v) is 5.72. The van der Waals surface area contributed by atoms with Crippen LogP contribution >= 0.6 is 0 Å². The molecule has 0 saturated heterocycles. The molecular weight excluding hydrogens is 238 g/mol. The second kappa shape index (κ2) is 6.20. The van der Waals surface area contributed by atoms with Gasteiger partial charge in [0.05, 0.1) is 12.5 Å². The number of nitrogens with one attached hydrogen (secondary N) is 1. The first-order chi connectivity index (χ1) is 9.17. The van der Waals surface area contributed by atoms with Crippen LogP contribution < -0.4 is 5.32 Å². The number of amides is 1. The van der Waals surface area contributed by atoms with Crippen LogP contribution in [0, 0.1) is 5.41 Å². The standard InChI is InChI=1S/C16H23NO2/c1-13(14-7-3-2-4-8-14)15(19)17-11-16(12-18)9-5-6-10-16/h2-4,7-8,13,18H,5-6,9-12H2,1H3,(H,17,19). The second-order valence-electron chi connectivity index (χ2n) is 5.72. The Morgan fingerprint density at radius 3 is 2.53 bits per heavy atom. The van der Waals surface area contributed by atoms with Gasteiger partial charge in [-0.3, -0.25) is 4.79 Å². The van der Waals surface area contributed by atoms with Crippen LogP contribution in [0.4, 0.5) is 0 Å². The summed E-state index contributed by atoms with van der Waals surface area (Å²) in [7, 11) is 0. The molecule has 1 aromatic rings. The highest BCUT2D eigenvalue weighted by Gasteiger charge is 2.33. The van der Waals surface area contributed by atoms with Crippen LogP contribution in [-0.2, 0) is 4.79 Å². The largest absolute Gasteiger partial charge is 0.396 e. The zero-order chi connectivity index (χ0) is 13.7. The lowest BCUT2D eigenvalue weighted by atomic mass is 9.87. The van der Waals surface area contributed by atoms with Crippen LogP contribution in [0.2, 0.25) is 0 Å². The molecule has 1 amide bonds. The lowest BCUT2D eigenvalue weighted by Gasteiger charge is -2.27. The Hall–Kier alpha value is -1.35. The van der Waals surface area contributed by atoms with Gasteiger partial charge in [-0.25, -0.2) is 0 Å². The van der Waals surface area contributed by atoms with Crippen molar-refractivity contribution in [2.45, 2.75) is 38.5 Å². The lowest BCUT2D eigenvalue weighted by molar-refractivity contribution is -0.122. The molecule has 0 spiro atoms. The summed E-state index contributed by atoms with van der Waals surface area (Å²) in [6, 6.07) is 9.80. The van der Waals surface area contributed by atoms with Gasteiger partial charge in [0.1, 0.15) is 0 Å². The van der Waals surface area contributed by atoms with Crippen molar-refractivity contribution in [1.29, 1.82) is 0 Å². The van der Waals surface area contributed by atoms with Crippen molar-refractivity contribution in [2.24, 2.45) is 5.41 Å². The van der Waals surface area contributed by atoms with Gasteiger partial charge < -0.3 is 10.4 Å². The Bertz CT molecular complexity index is 410. The number of carbonyl (C=O) groups is 1. The fourth-order valence-electron chi connectivity index (χ4n) is 2.84. The maximum absolute atomic E-state index is 12.2. The van der Waals surface area contributed by atoms with Crippen LogP contribution in [0.1, 0.15) is 44.1 Å². The average molecular weight is 261 g/mol. The van der Waals surface area contributed by atoms with Gasteiger partial charge in [0.15, 0.2) is 0 Å². The molecule has 1 aliphatic rings. The topological polar surface area (TPSA) is 49.3 Å². The smallest absolute Gasteiger partial charge is 0.227 e. The summed E-state index contributed by atoms with van der Waals surface area (Å²) in [6.07, 6.45) is 4.35. The quantitative estimate of drug-likeness (QED) is 0.855.